The van der Waals surface area contributed by atoms with E-state index < -0.39 is 11.8 Å². The van der Waals surface area contributed by atoms with E-state index in [-0.39, 0.29) is 5.70 Å². The number of amides is 2. The zero-order chi connectivity index (χ0) is 22.0. The molecule has 0 aliphatic carbocycles. The van der Waals surface area contributed by atoms with Crippen molar-refractivity contribution in [2.45, 2.75) is 13.8 Å². The van der Waals surface area contributed by atoms with Crippen molar-refractivity contribution in [3.05, 3.63) is 94.6 Å². The van der Waals surface area contributed by atoms with Gasteiger partial charge in [-0.3, -0.25) is 9.59 Å². The third-order valence-electron chi connectivity index (χ3n) is 4.99. The van der Waals surface area contributed by atoms with E-state index in [1.165, 1.54) is 4.90 Å². The predicted octanol–water partition coefficient (Wildman–Crippen LogP) is 5.44. The van der Waals surface area contributed by atoms with Crippen LogP contribution in [0.4, 0.5) is 11.4 Å². The summed E-state index contributed by atoms with van der Waals surface area (Å²) >= 11 is 6.16. The number of rotatable bonds is 6. The van der Waals surface area contributed by atoms with E-state index in [1.807, 2.05) is 68.4 Å². The maximum atomic E-state index is 13.5. The van der Waals surface area contributed by atoms with Gasteiger partial charge in [-0.05, 0) is 61.4 Å². The molecule has 0 aromatic heterocycles. The number of hydrogen-bond donors (Lipinski definition) is 1. The van der Waals surface area contributed by atoms with E-state index in [2.05, 4.69) is 5.32 Å². The van der Waals surface area contributed by atoms with Gasteiger partial charge in [0.25, 0.3) is 11.8 Å². The summed E-state index contributed by atoms with van der Waals surface area (Å²) in [5.41, 5.74) is 3.13. The molecule has 2 amide bonds. The van der Waals surface area contributed by atoms with Crippen molar-refractivity contribution in [3.8, 4) is 5.75 Å². The van der Waals surface area contributed by atoms with Crippen molar-refractivity contribution in [1.29, 1.82) is 0 Å². The summed E-state index contributed by atoms with van der Waals surface area (Å²) in [5, 5.41) is 3.61. The number of anilines is 2. The minimum atomic E-state index is -0.428. The van der Waals surface area contributed by atoms with Crippen LogP contribution < -0.4 is 15.0 Å². The number of benzene rings is 3. The third kappa shape index (κ3) is 4.05. The summed E-state index contributed by atoms with van der Waals surface area (Å²) in [6, 6.07) is 21.6. The lowest BCUT2D eigenvalue weighted by molar-refractivity contribution is -0.120. The van der Waals surface area contributed by atoms with Crippen molar-refractivity contribution in [2.24, 2.45) is 0 Å². The van der Waals surface area contributed by atoms with Crippen LogP contribution in [0, 0.1) is 6.92 Å². The van der Waals surface area contributed by atoms with Crippen LogP contribution >= 0.6 is 11.6 Å². The molecule has 0 saturated carbocycles. The monoisotopic (exact) mass is 432 g/mol. The van der Waals surface area contributed by atoms with Crippen molar-refractivity contribution >= 4 is 40.4 Å². The Labute approximate surface area is 185 Å². The third-order valence-corrected chi connectivity index (χ3v) is 5.23. The molecule has 0 fully saturated rings. The number of ether oxygens (including phenoxy) is 1. The Morgan fingerprint density at radius 3 is 2.32 bits per heavy atom. The molecule has 0 atom stereocenters. The van der Waals surface area contributed by atoms with Crippen LogP contribution in [0.1, 0.15) is 18.1 Å². The van der Waals surface area contributed by atoms with Crippen LogP contribution in [0.25, 0.3) is 5.57 Å². The van der Waals surface area contributed by atoms with Gasteiger partial charge >= 0.3 is 0 Å². The Morgan fingerprint density at radius 1 is 0.935 bits per heavy atom. The van der Waals surface area contributed by atoms with Crippen molar-refractivity contribution < 1.29 is 14.3 Å². The SMILES string of the molecule is CCOc1ccc(NC2=C(c3ccccc3)C(=O)N(c3cc(Cl)ccc3C)C2=O)cc1. The Balaban J connectivity index is 1.78. The molecule has 1 aliphatic heterocycles. The summed E-state index contributed by atoms with van der Waals surface area (Å²) in [4.78, 5) is 28.1. The summed E-state index contributed by atoms with van der Waals surface area (Å²) in [5.74, 6) is -0.0894. The number of nitrogens with zero attached hydrogens (tertiary/aromatic N) is 1. The van der Waals surface area contributed by atoms with Gasteiger partial charge in [-0.25, -0.2) is 4.90 Å². The molecular weight excluding hydrogens is 412 g/mol. The van der Waals surface area contributed by atoms with Gasteiger partial charge in [-0.15, -0.1) is 0 Å². The summed E-state index contributed by atoms with van der Waals surface area (Å²) in [6.07, 6.45) is 0. The number of halogens is 1. The van der Waals surface area contributed by atoms with E-state index in [9.17, 15) is 9.59 Å². The molecule has 1 aliphatic rings. The van der Waals surface area contributed by atoms with E-state index in [0.717, 1.165) is 11.3 Å². The Kier molecular flexibility index (Phi) is 5.78. The molecule has 4 rings (SSSR count). The normalized spacial score (nSPS) is 13.7. The molecule has 0 radical (unpaired) electrons. The van der Waals surface area contributed by atoms with Crippen LogP contribution in [-0.2, 0) is 9.59 Å². The molecule has 1 heterocycles. The first-order valence-electron chi connectivity index (χ1n) is 9.94. The fourth-order valence-corrected chi connectivity index (χ4v) is 3.67. The number of carbonyl (C=O) groups is 2. The molecule has 0 spiro atoms. The largest absolute Gasteiger partial charge is 0.494 e. The van der Waals surface area contributed by atoms with Crippen molar-refractivity contribution in [1.82, 2.24) is 0 Å². The fourth-order valence-electron chi connectivity index (χ4n) is 3.51. The molecule has 0 saturated heterocycles. The first-order chi connectivity index (χ1) is 15.0. The highest BCUT2D eigenvalue weighted by Gasteiger charge is 2.40. The van der Waals surface area contributed by atoms with Gasteiger partial charge in [0.05, 0.1) is 17.9 Å². The number of nitrogens with one attached hydrogen (secondary N) is 1. The fraction of sp³-hybridized carbons (Fsp3) is 0.120. The smallest absolute Gasteiger partial charge is 0.282 e. The second-order valence-electron chi connectivity index (χ2n) is 7.07. The molecule has 0 bridgehead atoms. The molecule has 6 heteroatoms. The number of imide groups is 1. The maximum absolute atomic E-state index is 13.5. The molecule has 0 unspecified atom stereocenters. The average Bonchev–Trinajstić information content (AvgIpc) is 3.01. The molecule has 3 aromatic rings. The second-order valence-corrected chi connectivity index (χ2v) is 7.51. The van der Waals surface area contributed by atoms with Gasteiger partial charge < -0.3 is 10.1 Å². The highest BCUT2D eigenvalue weighted by atomic mass is 35.5. The van der Waals surface area contributed by atoms with Gasteiger partial charge in [-0.1, -0.05) is 48.0 Å². The number of carbonyl (C=O) groups excluding carboxylic acids is 2. The van der Waals surface area contributed by atoms with Gasteiger partial charge in [-0.2, -0.15) is 0 Å². The summed E-state index contributed by atoms with van der Waals surface area (Å²) in [7, 11) is 0. The minimum Gasteiger partial charge on any atom is -0.494 e. The van der Waals surface area contributed by atoms with Gasteiger partial charge in [0, 0.05) is 10.7 Å². The first kappa shape index (κ1) is 20.7. The highest BCUT2D eigenvalue weighted by Crippen LogP contribution is 2.36. The van der Waals surface area contributed by atoms with Crippen LogP contribution in [0.15, 0.2) is 78.5 Å². The lowest BCUT2D eigenvalue weighted by Crippen LogP contribution is -2.33. The minimum absolute atomic E-state index is 0.222. The zero-order valence-corrected chi connectivity index (χ0v) is 17.9. The van der Waals surface area contributed by atoms with Crippen LogP contribution in [0.2, 0.25) is 5.02 Å². The van der Waals surface area contributed by atoms with Gasteiger partial charge in [0.2, 0.25) is 0 Å². The molecule has 156 valence electrons. The molecular formula is C25H21ClN2O3. The average molecular weight is 433 g/mol. The summed E-state index contributed by atoms with van der Waals surface area (Å²) in [6.45, 7) is 4.32. The molecule has 5 nitrogen and oxygen atoms in total. The number of aryl methyl sites for hydroxylation is 1. The molecule has 31 heavy (non-hydrogen) atoms. The lowest BCUT2D eigenvalue weighted by Gasteiger charge is -2.18. The first-order valence-corrected chi connectivity index (χ1v) is 10.3. The summed E-state index contributed by atoms with van der Waals surface area (Å²) < 4.78 is 5.48. The topological polar surface area (TPSA) is 58.6 Å². The van der Waals surface area contributed by atoms with Gasteiger partial charge in [0.1, 0.15) is 11.4 Å². The quantitative estimate of drug-likeness (QED) is 0.526. The Morgan fingerprint density at radius 2 is 1.65 bits per heavy atom. The molecule has 3 aromatic carbocycles. The zero-order valence-electron chi connectivity index (χ0n) is 17.2. The van der Waals surface area contributed by atoms with E-state index in [4.69, 9.17) is 16.3 Å². The predicted molar refractivity (Wildman–Crippen MR) is 123 cm³/mol. The standard InChI is InChI=1S/C25H21ClN2O3/c1-3-31-20-13-11-19(12-14-20)27-23-22(17-7-5-4-6-8-17)24(29)28(25(23)30)21-15-18(26)10-9-16(21)2/h4-15,27H,3H2,1-2H3. The van der Waals surface area contributed by atoms with Gasteiger partial charge in [0.15, 0.2) is 0 Å². The van der Waals surface area contributed by atoms with Crippen molar-refractivity contribution in [2.75, 3.05) is 16.8 Å². The Bertz CT molecular complexity index is 1170. The molecule has 1 N–H and O–H groups in total. The van der Waals surface area contributed by atoms with Crippen LogP contribution in [-0.4, -0.2) is 18.4 Å². The van der Waals surface area contributed by atoms with Crippen molar-refractivity contribution in [3.63, 3.8) is 0 Å². The highest BCUT2D eigenvalue weighted by molar-refractivity contribution is 6.46. The Hall–Kier alpha value is -3.57. The van der Waals surface area contributed by atoms with E-state index in [0.29, 0.717) is 34.1 Å². The maximum Gasteiger partial charge on any atom is 0.282 e. The second kappa shape index (κ2) is 8.66. The van der Waals surface area contributed by atoms with Crippen LogP contribution in [0.3, 0.4) is 0 Å². The van der Waals surface area contributed by atoms with E-state index >= 15 is 0 Å². The van der Waals surface area contributed by atoms with Crippen LogP contribution in [0.5, 0.6) is 5.75 Å². The number of hydrogen-bond acceptors (Lipinski definition) is 4. The lowest BCUT2D eigenvalue weighted by atomic mass is 10.0. The van der Waals surface area contributed by atoms with E-state index in [1.54, 1.807) is 18.2 Å².